The van der Waals surface area contributed by atoms with Crippen molar-refractivity contribution >= 4 is 40.0 Å². The molecule has 5 rings (SSSR count). The predicted octanol–water partition coefficient (Wildman–Crippen LogP) is 2.61. The summed E-state index contributed by atoms with van der Waals surface area (Å²) in [6, 6.07) is 2.09. The maximum atomic E-state index is 12.7. The molecule has 2 aliphatic heterocycles. The van der Waals surface area contributed by atoms with E-state index >= 15 is 0 Å². The Kier molecular flexibility index (Phi) is 4.44. The number of rotatable bonds is 4. The minimum Gasteiger partial charge on any atom is -0.379 e. The van der Waals surface area contributed by atoms with E-state index in [0.717, 1.165) is 30.0 Å². The summed E-state index contributed by atoms with van der Waals surface area (Å²) in [7, 11) is 0. The van der Waals surface area contributed by atoms with Gasteiger partial charge in [0.2, 0.25) is 0 Å². The smallest absolute Gasteiger partial charge is 0.275 e. The highest BCUT2D eigenvalue weighted by molar-refractivity contribution is 8.13. The van der Waals surface area contributed by atoms with Crippen LogP contribution < -0.4 is 11.1 Å². The van der Waals surface area contributed by atoms with Crippen LogP contribution in [0.3, 0.4) is 0 Å². The van der Waals surface area contributed by atoms with Crippen LogP contribution >= 0.6 is 23.1 Å². The molecule has 148 valence electrons. The van der Waals surface area contributed by atoms with Crippen LogP contribution in [0.15, 0.2) is 22.6 Å². The number of nitrogens with zero attached hydrogens (tertiary/aromatic N) is 4. The van der Waals surface area contributed by atoms with Gasteiger partial charge < -0.3 is 15.8 Å². The number of thiazole rings is 1. The zero-order chi connectivity index (χ0) is 19.3. The number of fused-ring (bicyclic) bond motifs is 1. The molecule has 3 unspecified atom stereocenters. The van der Waals surface area contributed by atoms with Gasteiger partial charge in [0.05, 0.1) is 18.8 Å². The molecule has 28 heavy (non-hydrogen) atoms. The van der Waals surface area contributed by atoms with Crippen molar-refractivity contribution in [2.24, 2.45) is 16.6 Å². The van der Waals surface area contributed by atoms with Gasteiger partial charge in [0.15, 0.2) is 5.17 Å². The Labute approximate surface area is 171 Å². The molecule has 0 spiro atoms. The van der Waals surface area contributed by atoms with Crippen LogP contribution in [0.5, 0.6) is 0 Å². The minimum atomic E-state index is -0.550. The largest absolute Gasteiger partial charge is 0.379 e. The highest BCUT2D eigenvalue weighted by Gasteiger charge is 2.49. The first-order valence-corrected chi connectivity index (χ1v) is 11.3. The third-order valence-corrected chi connectivity index (χ3v) is 7.50. The fraction of sp³-hybridized carbons (Fsp3) is 0.556. The molecule has 3 aliphatic rings. The van der Waals surface area contributed by atoms with Crippen molar-refractivity contribution in [3.05, 3.63) is 28.3 Å². The maximum Gasteiger partial charge on any atom is 0.275 e. The average Bonchev–Trinajstić information content (AvgIpc) is 3.21. The number of amides is 1. The Bertz CT molecular complexity index is 936. The summed E-state index contributed by atoms with van der Waals surface area (Å²) >= 11 is 3.09. The molecular weight excluding hydrogens is 396 g/mol. The number of thioether (sulfide) groups is 1. The second-order valence-corrected chi connectivity index (χ2v) is 9.52. The number of aromatic nitrogens is 3. The van der Waals surface area contributed by atoms with Gasteiger partial charge in [0.25, 0.3) is 5.91 Å². The first-order valence-electron chi connectivity index (χ1n) is 9.46. The number of hydrogen-bond acceptors (Lipinski definition) is 8. The van der Waals surface area contributed by atoms with Crippen molar-refractivity contribution in [1.29, 1.82) is 0 Å². The summed E-state index contributed by atoms with van der Waals surface area (Å²) in [5, 5.41) is 10.5. The van der Waals surface area contributed by atoms with Crippen molar-refractivity contribution in [2.45, 2.75) is 43.9 Å². The molecular formula is C18H22N6O2S2. The Hall–Kier alpha value is -1.91. The summed E-state index contributed by atoms with van der Waals surface area (Å²) in [5.41, 5.74) is 6.07. The van der Waals surface area contributed by atoms with Crippen LogP contribution in [0.2, 0.25) is 0 Å². The van der Waals surface area contributed by atoms with Gasteiger partial charge in [-0.25, -0.2) is 9.98 Å². The van der Waals surface area contributed by atoms with E-state index in [-0.39, 0.29) is 12.0 Å². The van der Waals surface area contributed by atoms with E-state index in [2.05, 4.69) is 17.3 Å². The van der Waals surface area contributed by atoms with Gasteiger partial charge in [-0.15, -0.1) is 11.3 Å². The van der Waals surface area contributed by atoms with Crippen LogP contribution in [0.1, 0.15) is 47.7 Å². The van der Waals surface area contributed by atoms with Gasteiger partial charge in [-0.05, 0) is 32.3 Å². The lowest BCUT2D eigenvalue weighted by Crippen LogP contribution is -2.49. The molecule has 2 aromatic rings. The molecule has 3 N–H and O–H groups in total. The average molecular weight is 419 g/mol. The number of anilines is 1. The molecule has 4 heterocycles. The SMILES string of the molecule is CC1CC2CSC(N)=NC2(c2nc(NC(=O)c3ccnn3C3CC3)cs2)CO1. The van der Waals surface area contributed by atoms with Crippen LogP contribution in [0.4, 0.5) is 5.82 Å². The molecule has 0 bridgehead atoms. The number of ether oxygens (including phenoxy) is 1. The van der Waals surface area contributed by atoms with Crippen molar-refractivity contribution in [3.63, 3.8) is 0 Å². The first kappa shape index (κ1) is 18.1. The Morgan fingerprint density at radius 1 is 1.46 bits per heavy atom. The molecule has 1 saturated carbocycles. The van der Waals surface area contributed by atoms with Crippen molar-refractivity contribution in [3.8, 4) is 0 Å². The van der Waals surface area contributed by atoms with Gasteiger partial charge in [0.1, 0.15) is 22.1 Å². The second kappa shape index (κ2) is 6.85. The molecule has 10 heteroatoms. The van der Waals surface area contributed by atoms with Gasteiger partial charge in [-0.2, -0.15) is 5.10 Å². The first-order chi connectivity index (χ1) is 13.5. The normalized spacial score (nSPS) is 29.8. The lowest BCUT2D eigenvalue weighted by atomic mass is 9.80. The van der Waals surface area contributed by atoms with Crippen LogP contribution in [-0.2, 0) is 10.3 Å². The van der Waals surface area contributed by atoms with E-state index in [0.29, 0.717) is 35.2 Å². The van der Waals surface area contributed by atoms with Crippen LogP contribution in [-0.4, -0.2) is 44.3 Å². The predicted molar refractivity (Wildman–Crippen MR) is 110 cm³/mol. The number of hydrogen-bond donors (Lipinski definition) is 2. The summed E-state index contributed by atoms with van der Waals surface area (Å²) in [4.78, 5) is 22.2. The number of carbonyl (C=O) groups excluding carboxylic acids is 1. The van der Waals surface area contributed by atoms with Crippen LogP contribution in [0.25, 0.3) is 0 Å². The number of amidine groups is 1. The van der Waals surface area contributed by atoms with E-state index in [4.69, 9.17) is 20.4 Å². The number of aliphatic imine (C=N–C) groups is 1. The Morgan fingerprint density at radius 3 is 3.14 bits per heavy atom. The molecule has 3 atom stereocenters. The van der Waals surface area contributed by atoms with Crippen molar-refractivity contribution in [2.75, 3.05) is 17.7 Å². The molecule has 2 fully saturated rings. The summed E-state index contributed by atoms with van der Waals surface area (Å²) < 4.78 is 7.75. The second-order valence-electron chi connectivity index (χ2n) is 7.62. The van der Waals surface area contributed by atoms with E-state index in [1.165, 1.54) is 11.3 Å². The minimum absolute atomic E-state index is 0.189. The van der Waals surface area contributed by atoms with E-state index in [1.807, 2.05) is 5.38 Å². The molecule has 0 radical (unpaired) electrons. The molecule has 1 aliphatic carbocycles. The fourth-order valence-corrected chi connectivity index (χ4v) is 5.87. The monoisotopic (exact) mass is 418 g/mol. The van der Waals surface area contributed by atoms with Gasteiger partial charge in [0, 0.05) is 23.2 Å². The third kappa shape index (κ3) is 3.13. The molecule has 1 saturated heterocycles. The fourth-order valence-electron chi connectivity index (χ4n) is 3.89. The van der Waals surface area contributed by atoms with Crippen molar-refractivity contribution in [1.82, 2.24) is 14.8 Å². The third-order valence-electron chi connectivity index (χ3n) is 5.53. The Balaban J connectivity index is 1.40. The zero-order valence-electron chi connectivity index (χ0n) is 15.5. The molecule has 8 nitrogen and oxygen atoms in total. The lowest BCUT2D eigenvalue weighted by Gasteiger charge is -2.44. The number of nitrogens with two attached hydrogens (primary N) is 1. The highest BCUT2D eigenvalue weighted by Crippen LogP contribution is 2.47. The van der Waals surface area contributed by atoms with E-state index in [1.54, 1.807) is 28.7 Å². The Morgan fingerprint density at radius 2 is 2.32 bits per heavy atom. The van der Waals surface area contributed by atoms with Crippen molar-refractivity contribution < 1.29 is 9.53 Å². The quantitative estimate of drug-likeness (QED) is 0.790. The maximum absolute atomic E-state index is 12.7. The standard InChI is InChI=1S/C18H22N6O2S2/c1-10-6-11-7-28-17(19)23-18(11,9-26-10)16-22-14(8-27-16)21-15(25)13-4-5-20-24(13)12-2-3-12/h4-5,8,10-12H,2-3,6-7,9H2,1H3,(H2,19,23)(H,21,25). The van der Waals surface area contributed by atoms with Gasteiger partial charge in [-0.1, -0.05) is 11.8 Å². The number of carbonyl (C=O) groups is 1. The molecule has 2 aromatic heterocycles. The van der Waals surface area contributed by atoms with Gasteiger partial charge in [-0.3, -0.25) is 9.48 Å². The topological polar surface area (TPSA) is 107 Å². The van der Waals surface area contributed by atoms with E-state index < -0.39 is 5.54 Å². The zero-order valence-corrected chi connectivity index (χ0v) is 17.1. The summed E-state index contributed by atoms with van der Waals surface area (Å²) in [6.45, 7) is 2.56. The highest BCUT2D eigenvalue weighted by atomic mass is 32.2. The lowest BCUT2D eigenvalue weighted by molar-refractivity contribution is -0.0466. The molecule has 0 aromatic carbocycles. The van der Waals surface area contributed by atoms with Gasteiger partial charge >= 0.3 is 0 Å². The summed E-state index contributed by atoms with van der Waals surface area (Å²) in [6.07, 6.45) is 4.94. The van der Waals surface area contributed by atoms with E-state index in [9.17, 15) is 4.79 Å². The molecule has 1 amide bonds. The summed E-state index contributed by atoms with van der Waals surface area (Å²) in [5.74, 6) is 1.57. The van der Waals surface area contributed by atoms with Crippen LogP contribution in [0, 0.1) is 5.92 Å². The number of nitrogens with one attached hydrogen (secondary N) is 1.